The first-order chi connectivity index (χ1) is 8.75. The Kier molecular flexibility index (Phi) is 5.27. The van der Waals surface area contributed by atoms with E-state index in [9.17, 15) is 4.79 Å². The minimum absolute atomic E-state index is 0.0189. The number of rotatable bonds is 6. The number of carbonyl (C=O) groups excluding carboxylic acids is 1. The van der Waals surface area contributed by atoms with Crippen molar-refractivity contribution in [3.8, 4) is 0 Å². The van der Waals surface area contributed by atoms with Crippen LogP contribution in [0.2, 0.25) is 0 Å². The van der Waals surface area contributed by atoms with E-state index >= 15 is 0 Å². The van der Waals surface area contributed by atoms with Crippen LogP contribution in [0.5, 0.6) is 0 Å². The van der Waals surface area contributed by atoms with Gasteiger partial charge in [0.05, 0.1) is 0 Å². The Morgan fingerprint density at radius 2 is 1.89 bits per heavy atom. The van der Waals surface area contributed by atoms with Crippen molar-refractivity contribution in [3.63, 3.8) is 0 Å². The Balaban J connectivity index is 1.60. The van der Waals surface area contributed by atoms with Crippen LogP contribution < -0.4 is 0 Å². The van der Waals surface area contributed by atoms with E-state index in [4.69, 9.17) is 4.74 Å². The van der Waals surface area contributed by atoms with E-state index in [1.165, 1.54) is 50.5 Å². The molecule has 102 valence electrons. The highest BCUT2D eigenvalue weighted by Crippen LogP contribution is 2.33. The average Bonchev–Trinajstić information content (AvgIpc) is 3.21. The van der Waals surface area contributed by atoms with Crippen LogP contribution in [-0.4, -0.2) is 12.6 Å². The Hall–Kier alpha value is -0.790. The van der Waals surface area contributed by atoms with Gasteiger partial charge in [-0.15, -0.1) is 0 Å². The third-order valence-corrected chi connectivity index (χ3v) is 4.35. The predicted octanol–water partition coefficient (Wildman–Crippen LogP) is 4.25. The lowest BCUT2D eigenvalue weighted by molar-refractivity contribution is -0.142. The number of hydrogen-bond donors (Lipinski definition) is 0. The molecule has 0 N–H and O–H groups in total. The van der Waals surface area contributed by atoms with Crippen LogP contribution in [0.1, 0.15) is 64.7 Å². The van der Waals surface area contributed by atoms with E-state index in [1.807, 2.05) is 0 Å². The molecule has 0 atom stereocenters. The molecule has 0 radical (unpaired) electrons. The van der Waals surface area contributed by atoms with Gasteiger partial charge in [0.1, 0.15) is 6.61 Å². The zero-order valence-electron chi connectivity index (χ0n) is 11.6. The van der Waals surface area contributed by atoms with Crippen molar-refractivity contribution in [2.75, 3.05) is 6.61 Å². The highest BCUT2D eigenvalue weighted by Gasteiger charge is 2.22. The van der Waals surface area contributed by atoms with E-state index in [-0.39, 0.29) is 5.97 Å². The van der Waals surface area contributed by atoms with Crippen LogP contribution in [0.15, 0.2) is 11.6 Å². The normalized spacial score (nSPS) is 21.9. The molecule has 0 amide bonds. The first-order valence-electron chi connectivity index (χ1n) is 7.58. The Bertz CT molecular complexity index is 296. The summed E-state index contributed by atoms with van der Waals surface area (Å²) in [5, 5.41) is 0. The van der Waals surface area contributed by atoms with E-state index in [1.54, 1.807) is 0 Å². The molecule has 18 heavy (non-hydrogen) atoms. The molecule has 0 spiro atoms. The lowest BCUT2D eigenvalue weighted by Crippen LogP contribution is -2.09. The fourth-order valence-electron chi connectivity index (χ4n) is 2.79. The SMILES string of the molecule is CC(=CCOC(=O)CCC1CC1)C1CCCCC1. The molecule has 2 aliphatic rings. The van der Waals surface area contributed by atoms with Gasteiger partial charge in [0, 0.05) is 6.42 Å². The van der Waals surface area contributed by atoms with Gasteiger partial charge in [-0.25, -0.2) is 0 Å². The maximum Gasteiger partial charge on any atom is 0.306 e. The van der Waals surface area contributed by atoms with Gasteiger partial charge in [-0.3, -0.25) is 4.79 Å². The van der Waals surface area contributed by atoms with Crippen LogP contribution in [-0.2, 0) is 9.53 Å². The fourth-order valence-corrected chi connectivity index (χ4v) is 2.79. The molecule has 2 fully saturated rings. The molecule has 0 aromatic heterocycles. The van der Waals surface area contributed by atoms with Crippen LogP contribution in [0.25, 0.3) is 0 Å². The van der Waals surface area contributed by atoms with Gasteiger partial charge in [-0.1, -0.05) is 37.7 Å². The minimum atomic E-state index is -0.0189. The van der Waals surface area contributed by atoms with Crippen LogP contribution in [0.3, 0.4) is 0 Å². The summed E-state index contributed by atoms with van der Waals surface area (Å²) in [4.78, 5) is 11.5. The Labute approximate surface area is 111 Å². The molecule has 2 rings (SSSR count). The fraction of sp³-hybridized carbons (Fsp3) is 0.812. The van der Waals surface area contributed by atoms with E-state index in [2.05, 4.69) is 13.0 Å². The smallest absolute Gasteiger partial charge is 0.306 e. The van der Waals surface area contributed by atoms with Crippen molar-refractivity contribution in [2.45, 2.75) is 64.7 Å². The molecular formula is C16H26O2. The maximum absolute atomic E-state index is 11.5. The van der Waals surface area contributed by atoms with Crippen molar-refractivity contribution < 1.29 is 9.53 Å². The molecule has 2 heteroatoms. The molecule has 2 saturated carbocycles. The second kappa shape index (κ2) is 6.96. The summed E-state index contributed by atoms with van der Waals surface area (Å²) in [6.45, 7) is 2.67. The number of esters is 1. The van der Waals surface area contributed by atoms with E-state index < -0.39 is 0 Å². The van der Waals surface area contributed by atoms with E-state index in [0.717, 1.165) is 18.3 Å². The molecule has 0 saturated heterocycles. The standard InChI is InChI=1S/C16H26O2/c1-13(15-5-3-2-4-6-15)11-12-18-16(17)10-9-14-7-8-14/h11,14-15H,2-10,12H2,1H3. The van der Waals surface area contributed by atoms with Crippen LogP contribution in [0, 0.1) is 11.8 Å². The predicted molar refractivity (Wildman–Crippen MR) is 73.2 cm³/mol. The second-order valence-corrected chi connectivity index (χ2v) is 5.95. The van der Waals surface area contributed by atoms with Crippen molar-refractivity contribution in [1.82, 2.24) is 0 Å². The summed E-state index contributed by atoms with van der Waals surface area (Å²) >= 11 is 0. The molecule has 0 heterocycles. The summed E-state index contributed by atoms with van der Waals surface area (Å²) in [6, 6.07) is 0. The lowest BCUT2D eigenvalue weighted by Gasteiger charge is -2.22. The minimum Gasteiger partial charge on any atom is -0.461 e. The number of allylic oxidation sites excluding steroid dienone is 1. The summed E-state index contributed by atoms with van der Waals surface area (Å²) in [5.74, 6) is 1.54. The Morgan fingerprint density at radius 3 is 2.56 bits per heavy atom. The first kappa shape index (κ1) is 13.6. The van der Waals surface area contributed by atoms with Crippen LogP contribution >= 0.6 is 0 Å². The number of carbonyl (C=O) groups is 1. The Morgan fingerprint density at radius 1 is 1.17 bits per heavy atom. The third-order valence-electron chi connectivity index (χ3n) is 4.35. The van der Waals surface area contributed by atoms with Gasteiger partial charge >= 0.3 is 5.97 Å². The highest BCUT2D eigenvalue weighted by molar-refractivity contribution is 5.69. The van der Waals surface area contributed by atoms with Crippen molar-refractivity contribution >= 4 is 5.97 Å². The second-order valence-electron chi connectivity index (χ2n) is 5.95. The zero-order valence-corrected chi connectivity index (χ0v) is 11.6. The van der Waals surface area contributed by atoms with Crippen molar-refractivity contribution in [1.29, 1.82) is 0 Å². The average molecular weight is 250 g/mol. The monoisotopic (exact) mass is 250 g/mol. The van der Waals surface area contributed by atoms with Crippen LogP contribution in [0.4, 0.5) is 0 Å². The van der Waals surface area contributed by atoms with Crippen molar-refractivity contribution in [2.24, 2.45) is 11.8 Å². The van der Waals surface area contributed by atoms with Gasteiger partial charge in [0.15, 0.2) is 0 Å². The third kappa shape index (κ3) is 4.83. The number of hydrogen-bond acceptors (Lipinski definition) is 2. The largest absolute Gasteiger partial charge is 0.461 e. The summed E-state index contributed by atoms with van der Waals surface area (Å²) in [5.41, 5.74) is 1.42. The van der Waals surface area contributed by atoms with Crippen molar-refractivity contribution in [3.05, 3.63) is 11.6 Å². The molecule has 0 aliphatic heterocycles. The first-order valence-corrected chi connectivity index (χ1v) is 7.58. The highest BCUT2D eigenvalue weighted by atomic mass is 16.5. The van der Waals surface area contributed by atoms with Gasteiger partial charge < -0.3 is 4.74 Å². The van der Waals surface area contributed by atoms with Gasteiger partial charge in [-0.2, -0.15) is 0 Å². The van der Waals surface area contributed by atoms with Gasteiger partial charge in [0.25, 0.3) is 0 Å². The molecule has 0 aromatic rings. The topological polar surface area (TPSA) is 26.3 Å². The quantitative estimate of drug-likeness (QED) is 0.520. The van der Waals surface area contributed by atoms with E-state index in [0.29, 0.717) is 13.0 Å². The molecule has 2 aliphatic carbocycles. The molecular weight excluding hydrogens is 224 g/mol. The molecule has 2 nitrogen and oxygen atoms in total. The van der Waals surface area contributed by atoms with Gasteiger partial charge in [-0.05, 0) is 44.1 Å². The van der Waals surface area contributed by atoms with Gasteiger partial charge in [0.2, 0.25) is 0 Å². The molecule has 0 bridgehead atoms. The lowest BCUT2D eigenvalue weighted by atomic mass is 9.84. The summed E-state index contributed by atoms with van der Waals surface area (Å²) in [6.07, 6.45) is 13.1. The number of ether oxygens (including phenoxy) is 1. The zero-order chi connectivity index (χ0) is 12.8. The summed E-state index contributed by atoms with van der Waals surface area (Å²) < 4.78 is 5.27. The molecule has 0 unspecified atom stereocenters. The molecule has 0 aromatic carbocycles. The summed E-state index contributed by atoms with van der Waals surface area (Å²) in [7, 11) is 0. The maximum atomic E-state index is 11.5.